The van der Waals surface area contributed by atoms with Crippen LogP contribution in [0.4, 0.5) is 0 Å². The highest BCUT2D eigenvalue weighted by atomic mass is 31.2. The first-order chi connectivity index (χ1) is 4.64. The monoisotopic (exact) mass is 167 g/mol. The van der Waals surface area contributed by atoms with Crippen LogP contribution >= 0.6 is 7.82 Å². The number of nitrogens with two attached hydrogens (primary N) is 1. The lowest BCUT2D eigenvalue weighted by molar-refractivity contribution is 0.0517. The van der Waals surface area contributed by atoms with Gasteiger partial charge in [0.2, 0.25) is 0 Å². The summed E-state index contributed by atoms with van der Waals surface area (Å²) in [4.78, 5) is 8.73. The van der Waals surface area contributed by atoms with E-state index in [9.17, 15) is 4.57 Å². The fraction of sp³-hybridized carbons (Fsp3) is 1.00. The SMILES string of the molecule is NCC1CCOP(=O)(O)O1. The van der Waals surface area contributed by atoms with Gasteiger partial charge in [-0.3, -0.25) is 9.05 Å². The number of phosphoric acid groups is 1. The third kappa shape index (κ3) is 2.04. The Bertz CT molecular complexity index is 161. The molecule has 0 aromatic rings. The van der Waals surface area contributed by atoms with E-state index in [-0.39, 0.29) is 19.3 Å². The molecule has 0 bridgehead atoms. The highest BCUT2D eigenvalue weighted by Crippen LogP contribution is 2.47. The molecule has 6 heteroatoms. The van der Waals surface area contributed by atoms with Crippen molar-refractivity contribution >= 4 is 7.82 Å². The van der Waals surface area contributed by atoms with E-state index < -0.39 is 7.82 Å². The highest BCUT2D eigenvalue weighted by molar-refractivity contribution is 7.47. The topological polar surface area (TPSA) is 81.8 Å². The van der Waals surface area contributed by atoms with E-state index >= 15 is 0 Å². The third-order valence-electron chi connectivity index (χ3n) is 1.24. The maximum absolute atomic E-state index is 10.7. The van der Waals surface area contributed by atoms with Crippen LogP contribution in [0.1, 0.15) is 6.42 Å². The molecule has 1 aliphatic heterocycles. The smallest absolute Gasteiger partial charge is 0.328 e. The molecule has 1 heterocycles. The molecule has 1 aliphatic rings. The Morgan fingerprint density at radius 1 is 1.80 bits per heavy atom. The fourth-order valence-corrected chi connectivity index (χ4v) is 1.70. The Balaban J connectivity index is 2.48. The predicted octanol–water partition coefficient (Wildman–Crippen LogP) is -0.149. The van der Waals surface area contributed by atoms with Crippen LogP contribution in [0.3, 0.4) is 0 Å². The molecule has 0 aliphatic carbocycles. The molecule has 0 aromatic heterocycles. The highest BCUT2D eigenvalue weighted by Gasteiger charge is 2.30. The lowest BCUT2D eigenvalue weighted by Crippen LogP contribution is -2.27. The summed E-state index contributed by atoms with van der Waals surface area (Å²) >= 11 is 0. The van der Waals surface area contributed by atoms with E-state index in [2.05, 4.69) is 9.05 Å². The van der Waals surface area contributed by atoms with Gasteiger partial charge in [-0.15, -0.1) is 0 Å². The fourth-order valence-electron chi connectivity index (χ4n) is 0.732. The second-order valence-corrected chi connectivity index (χ2v) is 3.46. The number of phosphoric ester groups is 1. The number of rotatable bonds is 1. The zero-order chi connectivity index (χ0) is 7.61. The standard InChI is InChI=1S/C4H10NO4P/c5-3-4-1-2-8-10(6,7)9-4/h4H,1-3,5H2,(H,6,7). The van der Waals surface area contributed by atoms with Crippen LogP contribution in [0.2, 0.25) is 0 Å². The first kappa shape index (κ1) is 8.17. The van der Waals surface area contributed by atoms with Crippen molar-refractivity contribution in [3.63, 3.8) is 0 Å². The van der Waals surface area contributed by atoms with Crippen molar-refractivity contribution in [1.29, 1.82) is 0 Å². The minimum absolute atomic E-state index is 0.246. The molecule has 2 atom stereocenters. The molecule has 2 unspecified atom stereocenters. The molecule has 1 rings (SSSR count). The minimum atomic E-state index is -3.74. The van der Waals surface area contributed by atoms with E-state index in [0.29, 0.717) is 6.42 Å². The first-order valence-electron chi connectivity index (χ1n) is 3.00. The summed E-state index contributed by atoms with van der Waals surface area (Å²) in [6.45, 7) is 0.504. The Morgan fingerprint density at radius 3 is 2.90 bits per heavy atom. The van der Waals surface area contributed by atoms with Gasteiger partial charge in [0.15, 0.2) is 0 Å². The molecule has 0 radical (unpaired) electrons. The lowest BCUT2D eigenvalue weighted by atomic mass is 10.3. The molecule has 0 aromatic carbocycles. The van der Waals surface area contributed by atoms with Crippen LogP contribution in [0, 0.1) is 0 Å². The lowest BCUT2D eigenvalue weighted by Gasteiger charge is -2.24. The van der Waals surface area contributed by atoms with Gasteiger partial charge >= 0.3 is 7.82 Å². The molecular weight excluding hydrogens is 157 g/mol. The molecule has 1 fully saturated rings. The maximum atomic E-state index is 10.7. The Kier molecular flexibility index (Phi) is 2.44. The average Bonchev–Trinajstić information content (AvgIpc) is 1.86. The molecule has 0 amide bonds. The largest absolute Gasteiger partial charge is 0.472 e. The van der Waals surface area contributed by atoms with Crippen molar-refractivity contribution in [1.82, 2.24) is 0 Å². The van der Waals surface area contributed by atoms with E-state index in [0.717, 1.165) is 0 Å². The van der Waals surface area contributed by atoms with Crippen molar-refractivity contribution in [2.45, 2.75) is 12.5 Å². The summed E-state index contributed by atoms with van der Waals surface area (Å²) < 4.78 is 19.7. The zero-order valence-electron chi connectivity index (χ0n) is 5.40. The number of hydrogen-bond donors (Lipinski definition) is 2. The second kappa shape index (κ2) is 2.98. The molecule has 60 valence electrons. The zero-order valence-corrected chi connectivity index (χ0v) is 6.29. The van der Waals surface area contributed by atoms with Gasteiger partial charge in [0.05, 0.1) is 12.7 Å². The summed E-state index contributed by atoms with van der Waals surface area (Å²) in [7, 11) is -3.74. The van der Waals surface area contributed by atoms with Crippen molar-refractivity contribution in [2.24, 2.45) is 5.73 Å². The Morgan fingerprint density at radius 2 is 2.50 bits per heavy atom. The van der Waals surface area contributed by atoms with Gasteiger partial charge in [-0.05, 0) is 6.42 Å². The van der Waals surface area contributed by atoms with Crippen LogP contribution in [-0.4, -0.2) is 24.1 Å². The van der Waals surface area contributed by atoms with Gasteiger partial charge in [-0.1, -0.05) is 0 Å². The summed E-state index contributed by atoms with van der Waals surface area (Å²) in [5.74, 6) is 0. The van der Waals surface area contributed by atoms with E-state index in [4.69, 9.17) is 10.6 Å². The van der Waals surface area contributed by atoms with Gasteiger partial charge in [0.1, 0.15) is 0 Å². The normalized spacial score (nSPS) is 41.6. The van der Waals surface area contributed by atoms with E-state index in [1.165, 1.54) is 0 Å². The summed E-state index contributed by atoms with van der Waals surface area (Å²) in [5, 5.41) is 0. The Labute approximate surface area is 58.7 Å². The molecule has 1 saturated heterocycles. The van der Waals surface area contributed by atoms with E-state index in [1.807, 2.05) is 0 Å². The van der Waals surface area contributed by atoms with Gasteiger partial charge in [0, 0.05) is 6.54 Å². The third-order valence-corrected chi connectivity index (χ3v) is 2.31. The van der Waals surface area contributed by atoms with Gasteiger partial charge < -0.3 is 10.6 Å². The van der Waals surface area contributed by atoms with Crippen LogP contribution in [0.15, 0.2) is 0 Å². The molecule has 5 nitrogen and oxygen atoms in total. The van der Waals surface area contributed by atoms with Crippen LogP contribution in [-0.2, 0) is 13.6 Å². The molecule has 0 saturated carbocycles. The maximum Gasteiger partial charge on any atom is 0.472 e. The molecule has 10 heavy (non-hydrogen) atoms. The summed E-state index contributed by atoms with van der Waals surface area (Å²) in [6, 6.07) is 0. The minimum Gasteiger partial charge on any atom is -0.328 e. The Hall–Kier alpha value is 0.0700. The predicted molar refractivity (Wildman–Crippen MR) is 34.3 cm³/mol. The molecule has 3 N–H and O–H groups in total. The van der Waals surface area contributed by atoms with Crippen molar-refractivity contribution in [3.05, 3.63) is 0 Å². The van der Waals surface area contributed by atoms with Crippen molar-refractivity contribution in [2.75, 3.05) is 13.2 Å². The van der Waals surface area contributed by atoms with Crippen molar-refractivity contribution in [3.8, 4) is 0 Å². The number of hydrogen-bond acceptors (Lipinski definition) is 4. The average molecular weight is 167 g/mol. The molecular formula is C4H10NO4P. The summed E-state index contributed by atoms with van der Waals surface area (Å²) in [6.07, 6.45) is 0.255. The van der Waals surface area contributed by atoms with Gasteiger partial charge in [0.25, 0.3) is 0 Å². The summed E-state index contributed by atoms with van der Waals surface area (Å²) in [5.41, 5.74) is 5.21. The van der Waals surface area contributed by atoms with Crippen LogP contribution in [0.25, 0.3) is 0 Å². The van der Waals surface area contributed by atoms with Gasteiger partial charge in [-0.25, -0.2) is 4.57 Å². The van der Waals surface area contributed by atoms with E-state index in [1.54, 1.807) is 0 Å². The van der Waals surface area contributed by atoms with Gasteiger partial charge in [-0.2, -0.15) is 0 Å². The van der Waals surface area contributed by atoms with Crippen LogP contribution in [0.5, 0.6) is 0 Å². The second-order valence-electron chi connectivity index (χ2n) is 2.05. The molecule has 0 spiro atoms. The van der Waals surface area contributed by atoms with Crippen molar-refractivity contribution < 1.29 is 18.5 Å². The first-order valence-corrected chi connectivity index (χ1v) is 4.49. The van der Waals surface area contributed by atoms with Crippen LogP contribution < -0.4 is 5.73 Å². The quantitative estimate of drug-likeness (QED) is 0.531.